The van der Waals surface area contributed by atoms with Crippen LogP contribution in [0, 0.1) is 13.8 Å². The van der Waals surface area contributed by atoms with Crippen LogP contribution in [0.25, 0.3) is 0 Å². The summed E-state index contributed by atoms with van der Waals surface area (Å²) in [6.07, 6.45) is 3.92. The number of benzene rings is 3. The van der Waals surface area contributed by atoms with Crippen LogP contribution in [0.4, 0.5) is 5.69 Å². The van der Waals surface area contributed by atoms with Gasteiger partial charge >= 0.3 is 0 Å². The number of sulfonamides is 1. The van der Waals surface area contributed by atoms with Gasteiger partial charge in [-0.3, -0.25) is 13.9 Å². The van der Waals surface area contributed by atoms with Crippen molar-refractivity contribution in [1.82, 2.24) is 10.2 Å². The van der Waals surface area contributed by atoms with Crippen molar-refractivity contribution >= 4 is 50.7 Å². The van der Waals surface area contributed by atoms with Crippen LogP contribution in [-0.4, -0.2) is 43.8 Å². The van der Waals surface area contributed by atoms with E-state index in [1.54, 1.807) is 19.1 Å². The third kappa shape index (κ3) is 7.82. The zero-order chi connectivity index (χ0) is 29.7. The monoisotopic (exact) mass is 615 g/mol. The number of nitrogens with zero attached hydrogens (tertiary/aromatic N) is 2. The zero-order valence-electron chi connectivity index (χ0n) is 23.4. The second-order valence-electron chi connectivity index (χ2n) is 10.6. The summed E-state index contributed by atoms with van der Waals surface area (Å²) >= 11 is 12.5. The molecular formula is C31H35Cl2N3O4S. The van der Waals surface area contributed by atoms with Crippen molar-refractivity contribution in [2.75, 3.05) is 10.8 Å². The fraction of sp³-hybridized carbons (Fsp3) is 0.355. The Kier molecular flexibility index (Phi) is 10.00. The molecule has 10 heteroatoms. The minimum atomic E-state index is -4.21. The van der Waals surface area contributed by atoms with Gasteiger partial charge in [0.15, 0.2) is 0 Å². The third-order valence-corrected chi connectivity index (χ3v) is 9.55. The lowest BCUT2D eigenvalue weighted by molar-refractivity contribution is -0.139. The van der Waals surface area contributed by atoms with Crippen LogP contribution in [0.3, 0.4) is 0 Å². The molecule has 0 aromatic heterocycles. The van der Waals surface area contributed by atoms with Gasteiger partial charge in [-0.2, -0.15) is 0 Å². The van der Waals surface area contributed by atoms with Crippen molar-refractivity contribution in [2.45, 2.75) is 70.0 Å². The van der Waals surface area contributed by atoms with Crippen LogP contribution in [0.5, 0.6) is 0 Å². The van der Waals surface area contributed by atoms with Crippen LogP contribution in [0.15, 0.2) is 71.6 Å². The summed E-state index contributed by atoms with van der Waals surface area (Å²) in [5, 5.41) is 3.53. The number of hydrogen-bond acceptors (Lipinski definition) is 4. The number of carbonyl (C=O) groups is 2. The van der Waals surface area contributed by atoms with Gasteiger partial charge in [0.05, 0.1) is 10.6 Å². The van der Waals surface area contributed by atoms with Gasteiger partial charge < -0.3 is 10.2 Å². The molecular weight excluding hydrogens is 581 g/mol. The second-order valence-corrected chi connectivity index (χ2v) is 13.4. The second kappa shape index (κ2) is 13.3. The number of halogens is 2. The van der Waals surface area contributed by atoms with Crippen molar-refractivity contribution < 1.29 is 18.0 Å². The highest BCUT2D eigenvalue weighted by Crippen LogP contribution is 2.30. The van der Waals surface area contributed by atoms with Gasteiger partial charge in [0.25, 0.3) is 10.0 Å². The van der Waals surface area contributed by atoms with Crippen LogP contribution in [0.2, 0.25) is 10.0 Å². The number of nitrogens with one attached hydrogen (secondary N) is 1. The number of aryl methyl sites for hydroxylation is 2. The van der Waals surface area contributed by atoms with E-state index in [1.165, 1.54) is 35.2 Å². The van der Waals surface area contributed by atoms with E-state index >= 15 is 0 Å². The molecule has 3 aromatic carbocycles. The molecule has 0 unspecified atom stereocenters. The Morgan fingerprint density at radius 1 is 0.927 bits per heavy atom. The Balaban J connectivity index is 1.71. The number of rotatable bonds is 10. The number of amides is 2. The molecule has 1 saturated carbocycles. The molecule has 1 aliphatic rings. The topological polar surface area (TPSA) is 86.8 Å². The minimum absolute atomic E-state index is 0.0178. The van der Waals surface area contributed by atoms with E-state index in [0.717, 1.165) is 46.7 Å². The molecule has 3 aromatic rings. The average Bonchev–Trinajstić information content (AvgIpc) is 3.42. The van der Waals surface area contributed by atoms with Gasteiger partial charge in [0.2, 0.25) is 11.8 Å². The smallest absolute Gasteiger partial charge is 0.264 e. The number of hydrogen-bond donors (Lipinski definition) is 1. The Hall–Kier alpha value is -3.07. The Labute approximate surface area is 252 Å². The van der Waals surface area contributed by atoms with Gasteiger partial charge in [0, 0.05) is 22.6 Å². The molecule has 1 atom stereocenters. The van der Waals surface area contributed by atoms with E-state index < -0.39 is 28.5 Å². The molecule has 1 aliphatic carbocycles. The Morgan fingerprint density at radius 2 is 1.56 bits per heavy atom. The summed E-state index contributed by atoms with van der Waals surface area (Å²) in [7, 11) is -4.21. The standard InChI is InChI=1S/C31H35Cl2N3O4S/c1-21-11-13-29(14-12-21)41(39,40)36(28-17-25(32)16-26(33)18-28)20-30(37)35(19-24-8-6-7-22(2)15-24)23(3)31(38)34-27-9-4-5-10-27/h6-8,11-18,23,27H,4-5,9-10,19-20H2,1-3H3,(H,34,38)/t23-/m0/s1. The van der Waals surface area contributed by atoms with Gasteiger partial charge in [-0.05, 0) is 69.5 Å². The first-order chi connectivity index (χ1) is 19.4. The van der Waals surface area contributed by atoms with E-state index in [9.17, 15) is 18.0 Å². The maximum absolute atomic E-state index is 14.1. The normalized spacial score (nSPS) is 14.5. The fourth-order valence-corrected chi connectivity index (χ4v) is 6.94. The van der Waals surface area contributed by atoms with Gasteiger partial charge in [0.1, 0.15) is 12.6 Å². The maximum atomic E-state index is 14.1. The van der Waals surface area contributed by atoms with Crippen molar-refractivity contribution in [2.24, 2.45) is 0 Å². The van der Waals surface area contributed by atoms with E-state index in [-0.39, 0.29) is 39.1 Å². The van der Waals surface area contributed by atoms with E-state index in [0.29, 0.717) is 0 Å². The molecule has 0 aliphatic heterocycles. The van der Waals surface area contributed by atoms with Crippen molar-refractivity contribution in [1.29, 1.82) is 0 Å². The fourth-order valence-electron chi connectivity index (χ4n) is 5.03. The molecule has 218 valence electrons. The molecule has 0 heterocycles. The zero-order valence-corrected chi connectivity index (χ0v) is 25.8. The molecule has 0 saturated heterocycles. The van der Waals surface area contributed by atoms with Gasteiger partial charge in [-0.15, -0.1) is 0 Å². The van der Waals surface area contributed by atoms with Crippen LogP contribution >= 0.6 is 23.2 Å². The van der Waals surface area contributed by atoms with Gasteiger partial charge in [-0.1, -0.05) is 83.6 Å². The number of anilines is 1. The summed E-state index contributed by atoms with van der Waals surface area (Å²) in [5.74, 6) is -0.802. The third-order valence-electron chi connectivity index (χ3n) is 7.33. The summed E-state index contributed by atoms with van der Waals surface area (Å²) < 4.78 is 28.9. The number of carbonyl (C=O) groups excluding carboxylic acids is 2. The Bertz CT molecular complexity index is 1490. The highest BCUT2D eigenvalue weighted by Gasteiger charge is 2.33. The highest BCUT2D eigenvalue weighted by molar-refractivity contribution is 7.92. The molecule has 2 amide bonds. The molecule has 1 N–H and O–H groups in total. The molecule has 1 fully saturated rings. The maximum Gasteiger partial charge on any atom is 0.264 e. The van der Waals surface area contributed by atoms with Crippen LogP contribution in [-0.2, 0) is 26.2 Å². The van der Waals surface area contributed by atoms with E-state index in [1.807, 2.05) is 38.1 Å². The molecule has 4 rings (SSSR count). The molecule has 0 radical (unpaired) electrons. The molecule has 41 heavy (non-hydrogen) atoms. The summed E-state index contributed by atoms with van der Waals surface area (Å²) in [6.45, 7) is 5.06. The lowest BCUT2D eigenvalue weighted by Crippen LogP contribution is -2.52. The van der Waals surface area contributed by atoms with Crippen molar-refractivity contribution in [3.8, 4) is 0 Å². The first-order valence-corrected chi connectivity index (χ1v) is 15.8. The quantitative estimate of drug-likeness (QED) is 0.291. The van der Waals surface area contributed by atoms with Crippen LogP contribution < -0.4 is 9.62 Å². The summed E-state index contributed by atoms with van der Waals surface area (Å²) in [5.41, 5.74) is 2.88. The molecule has 0 bridgehead atoms. The largest absolute Gasteiger partial charge is 0.352 e. The first-order valence-electron chi connectivity index (χ1n) is 13.6. The Morgan fingerprint density at radius 3 is 2.17 bits per heavy atom. The lowest BCUT2D eigenvalue weighted by Gasteiger charge is -2.32. The molecule has 0 spiro atoms. The first kappa shape index (κ1) is 30.9. The average molecular weight is 617 g/mol. The minimum Gasteiger partial charge on any atom is -0.352 e. The van der Waals surface area contributed by atoms with Crippen LogP contribution in [0.1, 0.15) is 49.3 Å². The van der Waals surface area contributed by atoms with E-state index in [4.69, 9.17) is 23.2 Å². The molecule has 7 nitrogen and oxygen atoms in total. The summed E-state index contributed by atoms with van der Waals surface area (Å²) in [4.78, 5) is 28.9. The predicted molar refractivity (Wildman–Crippen MR) is 164 cm³/mol. The summed E-state index contributed by atoms with van der Waals surface area (Å²) in [6, 6.07) is 17.7. The highest BCUT2D eigenvalue weighted by atomic mass is 35.5. The predicted octanol–water partition coefficient (Wildman–Crippen LogP) is 6.28. The van der Waals surface area contributed by atoms with Crippen molar-refractivity contribution in [3.63, 3.8) is 0 Å². The van der Waals surface area contributed by atoms with Gasteiger partial charge in [-0.25, -0.2) is 8.42 Å². The SMILES string of the molecule is Cc1ccc(S(=O)(=O)N(CC(=O)N(Cc2cccc(C)c2)[C@@H](C)C(=O)NC2CCCC2)c2cc(Cl)cc(Cl)c2)cc1. The lowest BCUT2D eigenvalue weighted by atomic mass is 10.1. The van der Waals surface area contributed by atoms with E-state index in [2.05, 4.69) is 5.32 Å². The van der Waals surface area contributed by atoms with Crippen molar-refractivity contribution in [3.05, 3.63) is 93.5 Å².